The lowest BCUT2D eigenvalue weighted by molar-refractivity contribution is -0.139. The lowest BCUT2D eigenvalue weighted by Gasteiger charge is -2.29. The van der Waals surface area contributed by atoms with Crippen molar-refractivity contribution in [1.82, 2.24) is 25.0 Å². The Balaban J connectivity index is 1.39. The fourth-order valence-corrected chi connectivity index (χ4v) is 8.60. The van der Waals surface area contributed by atoms with Crippen LogP contribution in [0.2, 0.25) is 0 Å². The van der Waals surface area contributed by atoms with Crippen LogP contribution in [0.15, 0.2) is 36.4 Å². The number of benzene rings is 2. The first kappa shape index (κ1) is 44.8. The summed E-state index contributed by atoms with van der Waals surface area (Å²) in [6.45, 7) is 10.7. The molecule has 5 rings (SSSR count). The zero-order valence-electron chi connectivity index (χ0n) is 35.2. The van der Waals surface area contributed by atoms with E-state index in [1.807, 2.05) is 36.4 Å². The second-order valence-corrected chi connectivity index (χ2v) is 16.8. The molecule has 6 amide bonds. The number of carboxylic acid groups (broad SMARTS) is 2. The van der Waals surface area contributed by atoms with Crippen LogP contribution < -0.4 is 21.3 Å². The predicted molar refractivity (Wildman–Crippen MR) is 228 cm³/mol. The number of anilines is 2. The van der Waals surface area contributed by atoms with Gasteiger partial charge < -0.3 is 45.8 Å². The molecule has 2 unspecified atom stereocenters. The highest BCUT2D eigenvalue weighted by molar-refractivity contribution is 6.11. The number of unbranched alkanes of at least 4 members (excludes halogenated alkanes) is 7. The van der Waals surface area contributed by atoms with Gasteiger partial charge in [0.15, 0.2) is 0 Å². The maximum Gasteiger partial charge on any atom is 0.405 e. The summed E-state index contributed by atoms with van der Waals surface area (Å²) in [4.78, 5) is 80.4. The molecular formula is C44H63N7O8. The second kappa shape index (κ2) is 20.6. The van der Waals surface area contributed by atoms with Crippen LogP contribution in [0.3, 0.4) is 0 Å². The van der Waals surface area contributed by atoms with Crippen molar-refractivity contribution in [1.29, 1.82) is 0 Å². The molecule has 59 heavy (non-hydrogen) atoms. The van der Waals surface area contributed by atoms with Crippen molar-refractivity contribution in [2.75, 3.05) is 23.7 Å². The Hall–Kier alpha value is -5.34. The highest BCUT2D eigenvalue weighted by Gasteiger charge is 2.40. The average molecular weight is 818 g/mol. The summed E-state index contributed by atoms with van der Waals surface area (Å²) in [5.41, 5.74) is 2.96. The van der Waals surface area contributed by atoms with E-state index in [0.29, 0.717) is 56.7 Å². The number of aryl methyl sites for hydroxylation is 1. The average Bonchev–Trinajstić information content (AvgIpc) is 3.95. The first-order valence-electron chi connectivity index (χ1n) is 21.5. The van der Waals surface area contributed by atoms with Crippen LogP contribution in [0.4, 0.5) is 21.0 Å². The smallest absolute Gasteiger partial charge is 0.405 e. The van der Waals surface area contributed by atoms with E-state index in [1.165, 1.54) is 41.9 Å². The van der Waals surface area contributed by atoms with Crippen molar-refractivity contribution >= 4 is 69.0 Å². The normalized spacial score (nSPS) is 17.7. The molecule has 0 aliphatic carbocycles. The number of carbonyl (C=O) groups is 6. The summed E-state index contributed by atoms with van der Waals surface area (Å²) < 4.78 is 2.22. The lowest BCUT2D eigenvalue weighted by Crippen LogP contribution is -2.54. The summed E-state index contributed by atoms with van der Waals surface area (Å²) in [5.74, 6) is -2.08. The van der Waals surface area contributed by atoms with E-state index in [0.717, 1.165) is 41.1 Å². The summed E-state index contributed by atoms with van der Waals surface area (Å²) in [6, 6.07) is 8.12. The highest BCUT2D eigenvalue weighted by atomic mass is 16.4. The van der Waals surface area contributed by atoms with Crippen LogP contribution in [0.5, 0.6) is 0 Å². The molecule has 0 spiro atoms. The molecule has 0 radical (unpaired) electrons. The molecule has 4 atom stereocenters. The molecule has 2 aliphatic rings. The van der Waals surface area contributed by atoms with Gasteiger partial charge in [-0.1, -0.05) is 91.7 Å². The molecule has 2 saturated heterocycles. The number of carbonyl (C=O) groups excluding carboxylic acids is 4. The first-order valence-corrected chi connectivity index (χ1v) is 21.5. The largest absolute Gasteiger partial charge is 0.465 e. The monoisotopic (exact) mass is 817 g/mol. The van der Waals surface area contributed by atoms with E-state index in [2.05, 4.69) is 32.8 Å². The molecule has 6 N–H and O–H groups in total. The number of nitrogens with one attached hydrogen (secondary N) is 4. The molecule has 3 aromatic rings. The molecule has 0 saturated carbocycles. The van der Waals surface area contributed by atoms with Crippen molar-refractivity contribution in [3.63, 3.8) is 0 Å². The Bertz CT molecular complexity index is 1860. The molecule has 2 fully saturated rings. The standard InChI is InChI=1S/C44H63N7O8/c1-6-7-8-9-10-11-12-13-22-49-35-25-29(45-39(52)33-16-14-23-50(33)41(54)37(27(2)3)47-43(56)57)18-20-31(35)32-21-19-30(26-36(32)49)46-40(53)34-17-15-24-51(34)42(55)38(28(4)5)48-44(58)59/h18-21,25-28,33-34,37-38,47-48H,6-17,22-24H2,1-5H3,(H,45,52)(H,46,53)(H,56,57)(H,58,59)/t33-,34-,37?,38?/m0/s1. The summed E-state index contributed by atoms with van der Waals surface area (Å²) >= 11 is 0. The number of hydrogen-bond acceptors (Lipinski definition) is 6. The van der Waals surface area contributed by atoms with Gasteiger partial charge in [-0.25, -0.2) is 9.59 Å². The molecule has 0 bridgehead atoms. The third-order valence-electron chi connectivity index (χ3n) is 11.7. The number of aromatic nitrogens is 1. The Labute approximate surface area is 346 Å². The fourth-order valence-electron chi connectivity index (χ4n) is 8.60. The van der Waals surface area contributed by atoms with Gasteiger partial charge >= 0.3 is 12.2 Å². The van der Waals surface area contributed by atoms with E-state index in [-0.39, 0.29) is 23.7 Å². The van der Waals surface area contributed by atoms with Crippen LogP contribution in [0, 0.1) is 11.8 Å². The molecule has 2 aromatic carbocycles. The van der Waals surface area contributed by atoms with Crippen LogP contribution in [0.25, 0.3) is 21.8 Å². The van der Waals surface area contributed by atoms with Gasteiger partial charge in [0.25, 0.3) is 0 Å². The number of fused-ring (bicyclic) bond motifs is 3. The number of nitrogens with zero attached hydrogens (tertiary/aromatic N) is 3. The topological polar surface area (TPSA) is 202 Å². The maximum absolute atomic E-state index is 13.8. The Morgan fingerprint density at radius 3 is 1.42 bits per heavy atom. The quantitative estimate of drug-likeness (QED) is 0.0673. The zero-order valence-corrected chi connectivity index (χ0v) is 35.2. The van der Waals surface area contributed by atoms with Crippen LogP contribution in [0.1, 0.15) is 112 Å². The minimum atomic E-state index is -1.29. The number of amides is 6. The van der Waals surface area contributed by atoms with Crippen molar-refractivity contribution < 1.29 is 39.0 Å². The molecule has 15 nitrogen and oxygen atoms in total. The second-order valence-electron chi connectivity index (χ2n) is 16.8. The third-order valence-corrected chi connectivity index (χ3v) is 11.7. The third kappa shape index (κ3) is 11.0. The van der Waals surface area contributed by atoms with Crippen molar-refractivity contribution in [2.24, 2.45) is 11.8 Å². The molecule has 322 valence electrons. The van der Waals surface area contributed by atoms with Gasteiger partial charge in [0.05, 0.1) is 11.0 Å². The van der Waals surface area contributed by atoms with Crippen molar-refractivity contribution in [2.45, 2.75) is 142 Å². The minimum Gasteiger partial charge on any atom is -0.465 e. The van der Waals surface area contributed by atoms with E-state index >= 15 is 0 Å². The molecule has 3 heterocycles. The maximum atomic E-state index is 13.8. The lowest BCUT2D eigenvalue weighted by atomic mass is 10.0. The molecular weight excluding hydrogens is 755 g/mol. The predicted octanol–water partition coefficient (Wildman–Crippen LogP) is 7.38. The van der Waals surface area contributed by atoms with Gasteiger partial charge in [-0.15, -0.1) is 0 Å². The Kier molecular flexibility index (Phi) is 15.6. The van der Waals surface area contributed by atoms with Gasteiger partial charge in [0.2, 0.25) is 23.6 Å². The van der Waals surface area contributed by atoms with Crippen LogP contribution in [-0.4, -0.2) is 97.7 Å². The number of hydrogen-bond donors (Lipinski definition) is 6. The Morgan fingerprint density at radius 1 is 0.627 bits per heavy atom. The van der Waals surface area contributed by atoms with Crippen molar-refractivity contribution in [3.05, 3.63) is 36.4 Å². The molecule has 1 aromatic heterocycles. The van der Waals surface area contributed by atoms with Crippen LogP contribution >= 0.6 is 0 Å². The van der Waals surface area contributed by atoms with Crippen LogP contribution in [-0.2, 0) is 25.7 Å². The highest BCUT2D eigenvalue weighted by Crippen LogP contribution is 2.34. The summed E-state index contributed by atoms with van der Waals surface area (Å²) in [7, 11) is 0. The number of likely N-dealkylation sites (tertiary alicyclic amines) is 2. The van der Waals surface area contributed by atoms with E-state index in [4.69, 9.17) is 0 Å². The fraction of sp³-hybridized carbons (Fsp3) is 0.591. The van der Waals surface area contributed by atoms with E-state index in [1.54, 1.807) is 27.7 Å². The summed E-state index contributed by atoms with van der Waals surface area (Å²) in [5, 5.41) is 31.4. The first-order chi connectivity index (χ1) is 28.2. The molecule has 2 aliphatic heterocycles. The summed E-state index contributed by atoms with van der Waals surface area (Å²) in [6.07, 6.45) is 8.86. The minimum absolute atomic E-state index is 0.297. The van der Waals surface area contributed by atoms with E-state index in [9.17, 15) is 39.0 Å². The van der Waals surface area contributed by atoms with E-state index < -0.39 is 48.2 Å². The molecule has 15 heteroatoms. The van der Waals surface area contributed by atoms with Gasteiger partial charge in [-0.3, -0.25) is 19.2 Å². The number of rotatable bonds is 19. The van der Waals surface area contributed by atoms with Gasteiger partial charge in [-0.2, -0.15) is 0 Å². The zero-order chi connectivity index (χ0) is 42.8. The van der Waals surface area contributed by atoms with Gasteiger partial charge in [-0.05, 0) is 68.2 Å². The van der Waals surface area contributed by atoms with Gasteiger partial charge in [0, 0.05) is 41.8 Å². The Morgan fingerprint density at radius 2 is 1.03 bits per heavy atom. The SMILES string of the molecule is CCCCCCCCCCn1c2cc(NC(=O)[C@@H]3CCCN3C(=O)C(NC(=O)O)C(C)C)ccc2c2ccc(NC(=O)[C@@H]3CCCN3C(=O)C(NC(=O)O)C(C)C)cc21. The van der Waals surface area contributed by atoms with Gasteiger partial charge in [0.1, 0.15) is 24.2 Å². The van der Waals surface area contributed by atoms with Crippen molar-refractivity contribution in [3.8, 4) is 0 Å².